The van der Waals surface area contributed by atoms with E-state index in [1.54, 1.807) is 4.68 Å². The molecule has 0 bridgehead atoms. The van der Waals surface area contributed by atoms with Crippen molar-refractivity contribution < 1.29 is 5.11 Å². The summed E-state index contributed by atoms with van der Waals surface area (Å²) in [4.78, 5) is 0. The second kappa shape index (κ2) is 3.24. The van der Waals surface area contributed by atoms with Crippen LogP contribution in [0.5, 0.6) is 0 Å². The zero-order valence-electron chi connectivity index (χ0n) is 8.55. The quantitative estimate of drug-likeness (QED) is 0.816. The van der Waals surface area contributed by atoms with Gasteiger partial charge in [0.15, 0.2) is 0 Å². The first-order chi connectivity index (χ1) is 6.52. The third kappa shape index (κ3) is 1.55. The molecule has 1 saturated carbocycles. The molecular weight excluding hydrogens is 200 g/mol. The second-order valence-electron chi connectivity index (χ2n) is 4.22. The highest BCUT2D eigenvalue weighted by Gasteiger charge is 2.36. The molecule has 0 amide bonds. The third-order valence-corrected chi connectivity index (χ3v) is 3.53. The maximum Gasteiger partial charge on any atom is 0.0848 e. The van der Waals surface area contributed by atoms with Crippen molar-refractivity contribution in [3.05, 3.63) is 16.4 Å². The van der Waals surface area contributed by atoms with E-state index in [2.05, 4.69) is 5.10 Å². The van der Waals surface area contributed by atoms with Gasteiger partial charge in [0.2, 0.25) is 0 Å². The highest BCUT2D eigenvalue weighted by molar-refractivity contribution is 6.31. The molecule has 1 N–H and O–H groups in total. The van der Waals surface area contributed by atoms with Gasteiger partial charge in [-0.05, 0) is 26.2 Å². The van der Waals surface area contributed by atoms with Crippen molar-refractivity contribution >= 4 is 11.6 Å². The van der Waals surface area contributed by atoms with E-state index in [0.29, 0.717) is 11.4 Å². The Kier molecular flexibility index (Phi) is 2.32. The summed E-state index contributed by atoms with van der Waals surface area (Å²) >= 11 is 6.11. The van der Waals surface area contributed by atoms with Crippen molar-refractivity contribution in [3.63, 3.8) is 0 Å². The molecule has 1 fully saturated rings. The van der Waals surface area contributed by atoms with Crippen molar-refractivity contribution in [3.8, 4) is 0 Å². The molecule has 0 unspecified atom stereocenters. The molecule has 0 aromatic carbocycles. The molecule has 4 heteroatoms. The van der Waals surface area contributed by atoms with E-state index < -0.39 is 5.60 Å². The maximum atomic E-state index is 10.0. The van der Waals surface area contributed by atoms with Gasteiger partial charge in [-0.1, -0.05) is 11.6 Å². The van der Waals surface area contributed by atoms with Gasteiger partial charge in [0.1, 0.15) is 0 Å². The number of rotatable bonds is 2. The lowest BCUT2D eigenvalue weighted by Crippen LogP contribution is -2.39. The van der Waals surface area contributed by atoms with Crippen molar-refractivity contribution in [1.29, 1.82) is 0 Å². The van der Waals surface area contributed by atoms with Gasteiger partial charge in [-0.3, -0.25) is 4.68 Å². The van der Waals surface area contributed by atoms with E-state index in [4.69, 9.17) is 11.6 Å². The summed E-state index contributed by atoms with van der Waals surface area (Å²) in [6, 6.07) is 0. The number of aromatic nitrogens is 2. The number of nitrogens with zero attached hydrogens (tertiary/aromatic N) is 2. The molecule has 14 heavy (non-hydrogen) atoms. The van der Waals surface area contributed by atoms with Crippen LogP contribution in [0.3, 0.4) is 0 Å². The number of aliphatic hydroxyl groups is 1. The van der Waals surface area contributed by atoms with Crippen molar-refractivity contribution in [2.75, 3.05) is 0 Å². The van der Waals surface area contributed by atoms with Gasteiger partial charge >= 0.3 is 0 Å². The highest BCUT2D eigenvalue weighted by Crippen LogP contribution is 2.36. The van der Waals surface area contributed by atoms with Crippen molar-refractivity contribution in [2.24, 2.45) is 7.05 Å². The first-order valence-corrected chi connectivity index (χ1v) is 5.30. The smallest absolute Gasteiger partial charge is 0.0848 e. The molecule has 0 saturated heterocycles. The Bertz CT molecular complexity index is 355. The van der Waals surface area contributed by atoms with Crippen LogP contribution in [0.25, 0.3) is 0 Å². The SMILES string of the molecule is Cc1nn(C)c(CC2(O)CCC2)c1Cl. The number of aryl methyl sites for hydroxylation is 2. The normalized spacial score (nSPS) is 19.4. The van der Waals surface area contributed by atoms with E-state index in [-0.39, 0.29) is 0 Å². The van der Waals surface area contributed by atoms with Crippen LogP contribution in [0.1, 0.15) is 30.7 Å². The summed E-state index contributed by atoms with van der Waals surface area (Å²) < 4.78 is 1.77. The topological polar surface area (TPSA) is 38.0 Å². The van der Waals surface area contributed by atoms with Crippen LogP contribution in [0, 0.1) is 6.92 Å². The summed E-state index contributed by atoms with van der Waals surface area (Å²) in [6.45, 7) is 1.89. The molecule has 78 valence electrons. The van der Waals surface area contributed by atoms with Gasteiger partial charge in [-0.25, -0.2) is 0 Å². The van der Waals surface area contributed by atoms with Gasteiger partial charge < -0.3 is 5.11 Å². The molecular formula is C10H15ClN2O. The minimum absolute atomic E-state index is 0.524. The molecule has 3 nitrogen and oxygen atoms in total. The second-order valence-corrected chi connectivity index (χ2v) is 4.60. The molecule has 1 aliphatic carbocycles. The number of hydrogen-bond acceptors (Lipinski definition) is 2. The average molecular weight is 215 g/mol. The van der Waals surface area contributed by atoms with Crippen LogP contribution < -0.4 is 0 Å². The van der Waals surface area contributed by atoms with Crippen LogP contribution >= 0.6 is 11.6 Å². The number of halogens is 1. The van der Waals surface area contributed by atoms with E-state index in [9.17, 15) is 5.11 Å². The van der Waals surface area contributed by atoms with E-state index in [0.717, 1.165) is 30.7 Å². The summed E-state index contributed by atoms with van der Waals surface area (Å²) in [5.74, 6) is 0. The zero-order valence-corrected chi connectivity index (χ0v) is 9.30. The Balaban J connectivity index is 2.23. The van der Waals surface area contributed by atoms with Gasteiger partial charge in [0, 0.05) is 13.5 Å². The first-order valence-electron chi connectivity index (χ1n) is 4.92. The fourth-order valence-corrected chi connectivity index (χ4v) is 2.17. The average Bonchev–Trinajstić information content (AvgIpc) is 2.29. The molecule has 0 spiro atoms. The van der Waals surface area contributed by atoms with Crippen molar-refractivity contribution in [1.82, 2.24) is 9.78 Å². The minimum Gasteiger partial charge on any atom is -0.389 e. The zero-order chi connectivity index (χ0) is 10.3. The molecule has 0 atom stereocenters. The van der Waals surface area contributed by atoms with Crippen LogP contribution in [0.2, 0.25) is 5.02 Å². The Morgan fingerprint density at radius 2 is 2.21 bits per heavy atom. The summed E-state index contributed by atoms with van der Waals surface area (Å²) in [7, 11) is 1.87. The van der Waals surface area contributed by atoms with E-state index in [1.165, 1.54) is 0 Å². The summed E-state index contributed by atoms with van der Waals surface area (Å²) in [5, 5.41) is 15.0. The van der Waals surface area contributed by atoms with Crippen LogP contribution in [0.4, 0.5) is 0 Å². The molecule has 0 radical (unpaired) electrons. The van der Waals surface area contributed by atoms with Gasteiger partial charge in [0.25, 0.3) is 0 Å². The maximum absolute atomic E-state index is 10.0. The summed E-state index contributed by atoms with van der Waals surface area (Å²) in [6.07, 6.45) is 3.51. The number of hydrogen-bond donors (Lipinski definition) is 1. The molecule has 1 aromatic rings. The van der Waals surface area contributed by atoms with E-state index in [1.807, 2.05) is 14.0 Å². The molecule has 2 rings (SSSR count). The predicted molar refractivity (Wildman–Crippen MR) is 55.5 cm³/mol. The van der Waals surface area contributed by atoms with Crippen LogP contribution in [0.15, 0.2) is 0 Å². The van der Waals surface area contributed by atoms with Crippen molar-refractivity contribution in [2.45, 2.75) is 38.2 Å². The Morgan fingerprint density at radius 1 is 1.57 bits per heavy atom. The Morgan fingerprint density at radius 3 is 2.57 bits per heavy atom. The Labute approximate surface area is 88.7 Å². The monoisotopic (exact) mass is 214 g/mol. The van der Waals surface area contributed by atoms with Gasteiger partial charge in [0.05, 0.1) is 22.0 Å². The largest absolute Gasteiger partial charge is 0.389 e. The van der Waals surface area contributed by atoms with Gasteiger partial charge in [-0.15, -0.1) is 0 Å². The highest BCUT2D eigenvalue weighted by atomic mass is 35.5. The minimum atomic E-state index is -0.524. The lowest BCUT2D eigenvalue weighted by Gasteiger charge is -2.36. The Hall–Kier alpha value is -0.540. The predicted octanol–water partition coefficient (Wildman–Crippen LogP) is 1.84. The fourth-order valence-electron chi connectivity index (χ4n) is 1.95. The van der Waals surface area contributed by atoms with Gasteiger partial charge in [-0.2, -0.15) is 5.10 Å². The van der Waals surface area contributed by atoms with Crippen LogP contribution in [-0.4, -0.2) is 20.5 Å². The lowest BCUT2D eigenvalue weighted by atomic mass is 9.77. The molecule has 1 heterocycles. The third-order valence-electron chi connectivity index (χ3n) is 3.04. The van der Waals surface area contributed by atoms with E-state index >= 15 is 0 Å². The molecule has 0 aliphatic heterocycles. The summed E-state index contributed by atoms with van der Waals surface area (Å²) in [5.41, 5.74) is 1.27. The first kappa shape index (κ1) is 9.99. The van der Waals surface area contributed by atoms with Crippen LogP contribution in [-0.2, 0) is 13.5 Å². The lowest BCUT2D eigenvalue weighted by molar-refractivity contribution is -0.0336. The molecule has 1 aliphatic rings. The molecule has 1 aromatic heterocycles. The fraction of sp³-hybridized carbons (Fsp3) is 0.700. The standard InChI is InChI=1S/C10H15ClN2O/c1-7-9(11)8(13(2)12-7)6-10(14)4-3-5-10/h14H,3-6H2,1-2H3.